The van der Waals surface area contributed by atoms with Crippen molar-refractivity contribution in [3.8, 4) is 0 Å². The summed E-state index contributed by atoms with van der Waals surface area (Å²) in [4.78, 5) is 15.5. The number of rotatable bonds is 9. The molecule has 0 aliphatic heterocycles. The van der Waals surface area contributed by atoms with Crippen molar-refractivity contribution >= 4 is 5.91 Å². The SMILES string of the molecule is CCN(CC)[C@@H](CNC(=O)c1c(C)nn(Cc2ccc(C)cc2)c1C)c1ccccc1. The number of carbonyl (C=O) groups excluding carboxylic acids is 1. The second-order valence-corrected chi connectivity index (χ2v) is 8.05. The Kier molecular flexibility index (Phi) is 7.64. The number of carbonyl (C=O) groups is 1. The highest BCUT2D eigenvalue weighted by Crippen LogP contribution is 2.21. The topological polar surface area (TPSA) is 50.2 Å². The summed E-state index contributed by atoms with van der Waals surface area (Å²) in [6, 6.07) is 19.0. The van der Waals surface area contributed by atoms with Crippen molar-refractivity contribution in [1.82, 2.24) is 20.0 Å². The Hall–Kier alpha value is -2.92. The third-order valence-corrected chi connectivity index (χ3v) is 5.95. The van der Waals surface area contributed by atoms with Gasteiger partial charge in [-0.1, -0.05) is 74.0 Å². The van der Waals surface area contributed by atoms with Gasteiger partial charge in [0.2, 0.25) is 0 Å². The number of hydrogen-bond acceptors (Lipinski definition) is 3. The van der Waals surface area contributed by atoms with Gasteiger partial charge < -0.3 is 5.32 Å². The number of amides is 1. The summed E-state index contributed by atoms with van der Waals surface area (Å²) in [5.74, 6) is -0.0572. The molecule has 5 heteroatoms. The summed E-state index contributed by atoms with van der Waals surface area (Å²) in [6.45, 7) is 13.4. The molecule has 0 spiro atoms. The van der Waals surface area contributed by atoms with Crippen LogP contribution >= 0.6 is 0 Å². The molecule has 0 radical (unpaired) electrons. The van der Waals surface area contributed by atoms with Crippen molar-refractivity contribution in [1.29, 1.82) is 0 Å². The highest BCUT2D eigenvalue weighted by Gasteiger charge is 2.22. The Balaban J connectivity index is 1.76. The molecular weight excluding hydrogens is 384 g/mol. The van der Waals surface area contributed by atoms with Crippen LogP contribution in [0.15, 0.2) is 54.6 Å². The molecule has 5 nitrogen and oxygen atoms in total. The summed E-state index contributed by atoms with van der Waals surface area (Å²) < 4.78 is 1.92. The molecule has 0 aliphatic carbocycles. The standard InChI is InChI=1S/C26H34N4O/c1-6-29(7-2)24(23-11-9-8-10-12-23)17-27-26(31)25-20(4)28-30(21(25)5)18-22-15-13-19(3)14-16-22/h8-16,24H,6-7,17-18H2,1-5H3,(H,27,31)/t24-/m0/s1. The van der Waals surface area contributed by atoms with Crippen LogP contribution in [0, 0.1) is 20.8 Å². The Morgan fingerprint density at radius 3 is 2.26 bits per heavy atom. The third-order valence-electron chi connectivity index (χ3n) is 5.95. The minimum absolute atomic E-state index is 0.0572. The molecule has 1 heterocycles. The van der Waals surface area contributed by atoms with E-state index in [1.807, 2.05) is 24.6 Å². The van der Waals surface area contributed by atoms with Gasteiger partial charge in [0.1, 0.15) is 0 Å². The van der Waals surface area contributed by atoms with Gasteiger partial charge in [-0.05, 0) is 45.0 Å². The molecule has 0 bridgehead atoms. The summed E-state index contributed by atoms with van der Waals surface area (Å²) >= 11 is 0. The van der Waals surface area contributed by atoms with E-state index in [4.69, 9.17) is 0 Å². The van der Waals surface area contributed by atoms with E-state index in [2.05, 4.69) is 84.6 Å². The largest absolute Gasteiger partial charge is 0.350 e. The Morgan fingerprint density at radius 2 is 1.65 bits per heavy atom. The van der Waals surface area contributed by atoms with Gasteiger partial charge in [0.05, 0.1) is 23.8 Å². The summed E-state index contributed by atoms with van der Waals surface area (Å²) in [6.07, 6.45) is 0. The quantitative estimate of drug-likeness (QED) is 0.549. The van der Waals surface area contributed by atoms with E-state index >= 15 is 0 Å². The fourth-order valence-corrected chi connectivity index (χ4v) is 4.12. The number of hydrogen-bond donors (Lipinski definition) is 1. The summed E-state index contributed by atoms with van der Waals surface area (Å²) in [5, 5.41) is 7.83. The average Bonchev–Trinajstić information content (AvgIpc) is 3.06. The minimum atomic E-state index is -0.0572. The number of benzene rings is 2. The van der Waals surface area contributed by atoms with E-state index in [9.17, 15) is 4.79 Å². The lowest BCUT2D eigenvalue weighted by molar-refractivity contribution is 0.0933. The molecular formula is C26H34N4O. The fraction of sp³-hybridized carbons (Fsp3) is 0.385. The fourth-order valence-electron chi connectivity index (χ4n) is 4.12. The molecule has 2 aromatic carbocycles. The summed E-state index contributed by atoms with van der Waals surface area (Å²) in [5.41, 5.74) is 5.97. The van der Waals surface area contributed by atoms with Crippen molar-refractivity contribution in [2.24, 2.45) is 0 Å². The zero-order valence-corrected chi connectivity index (χ0v) is 19.4. The lowest BCUT2D eigenvalue weighted by atomic mass is 10.0. The number of likely N-dealkylation sites (N-methyl/N-ethyl adjacent to an activating group) is 1. The zero-order valence-electron chi connectivity index (χ0n) is 19.4. The molecule has 31 heavy (non-hydrogen) atoms. The van der Waals surface area contributed by atoms with Crippen LogP contribution in [0.2, 0.25) is 0 Å². The molecule has 1 N–H and O–H groups in total. The lowest BCUT2D eigenvalue weighted by Crippen LogP contribution is -2.38. The van der Waals surface area contributed by atoms with E-state index < -0.39 is 0 Å². The highest BCUT2D eigenvalue weighted by atomic mass is 16.1. The van der Waals surface area contributed by atoms with Gasteiger partial charge in [0.25, 0.3) is 5.91 Å². The number of aryl methyl sites for hydroxylation is 2. The highest BCUT2D eigenvalue weighted by molar-refractivity contribution is 5.96. The van der Waals surface area contributed by atoms with Crippen LogP contribution in [-0.2, 0) is 6.54 Å². The first kappa shape index (κ1) is 22.8. The van der Waals surface area contributed by atoms with Gasteiger partial charge in [0, 0.05) is 12.2 Å². The Morgan fingerprint density at radius 1 is 1.00 bits per heavy atom. The van der Waals surface area contributed by atoms with Crippen LogP contribution in [-0.4, -0.2) is 40.2 Å². The molecule has 0 unspecified atom stereocenters. The van der Waals surface area contributed by atoms with Crippen LogP contribution < -0.4 is 5.32 Å². The first-order chi connectivity index (χ1) is 14.9. The van der Waals surface area contributed by atoms with Crippen LogP contribution in [0.25, 0.3) is 0 Å². The van der Waals surface area contributed by atoms with Gasteiger partial charge in [0.15, 0.2) is 0 Å². The first-order valence-electron chi connectivity index (χ1n) is 11.1. The maximum atomic E-state index is 13.1. The van der Waals surface area contributed by atoms with E-state index in [-0.39, 0.29) is 11.9 Å². The molecule has 1 amide bonds. The molecule has 164 valence electrons. The lowest BCUT2D eigenvalue weighted by Gasteiger charge is -2.30. The number of aromatic nitrogens is 2. The molecule has 0 saturated heterocycles. The van der Waals surface area contributed by atoms with Gasteiger partial charge >= 0.3 is 0 Å². The third kappa shape index (κ3) is 5.42. The van der Waals surface area contributed by atoms with Crippen LogP contribution in [0.3, 0.4) is 0 Å². The van der Waals surface area contributed by atoms with Gasteiger partial charge in [-0.25, -0.2) is 0 Å². The molecule has 3 rings (SSSR count). The van der Waals surface area contributed by atoms with Crippen LogP contribution in [0.4, 0.5) is 0 Å². The number of nitrogens with one attached hydrogen (secondary N) is 1. The van der Waals surface area contributed by atoms with E-state index in [0.29, 0.717) is 18.7 Å². The molecule has 3 aromatic rings. The number of nitrogens with zero attached hydrogens (tertiary/aromatic N) is 3. The Labute approximate surface area is 186 Å². The van der Waals surface area contributed by atoms with Gasteiger partial charge in [-0.15, -0.1) is 0 Å². The second-order valence-electron chi connectivity index (χ2n) is 8.05. The van der Waals surface area contributed by atoms with E-state index in [1.54, 1.807) is 0 Å². The predicted molar refractivity (Wildman–Crippen MR) is 126 cm³/mol. The van der Waals surface area contributed by atoms with Crippen molar-refractivity contribution in [3.05, 3.63) is 88.2 Å². The zero-order chi connectivity index (χ0) is 22.4. The van der Waals surface area contributed by atoms with E-state index in [1.165, 1.54) is 16.7 Å². The average molecular weight is 419 g/mol. The van der Waals surface area contributed by atoms with Crippen LogP contribution in [0.5, 0.6) is 0 Å². The van der Waals surface area contributed by atoms with Crippen molar-refractivity contribution in [2.45, 2.75) is 47.2 Å². The van der Waals surface area contributed by atoms with Gasteiger partial charge in [-0.2, -0.15) is 5.10 Å². The maximum absolute atomic E-state index is 13.1. The smallest absolute Gasteiger partial charge is 0.255 e. The second kappa shape index (κ2) is 10.4. The molecule has 0 fully saturated rings. The summed E-state index contributed by atoms with van der Waals surface area (Å²) in [7, 11) is 0. The monoisotopic (exact) mass is 418 g/mol. The van der Waals surface area contributed by atoms with Crippen molar-refractivity contribution in [2.75, 3.05) is 19.6 Å². The Bertz CT molecular complexity index is 988. The molecule has 0 aliphatic rings. The van der Waals surface area contributed by atoms with E-state index in [0.717, 1.165) is 24.5 Å². The van der Waals surface area contributed by atoms with Gasteiger partial charge in [-0.3, -0.25) is 14.4 Å². The molecule has 1 atom stereocenters. The maximum Gasteiger partial charge on any atom is 0.255 e. The first-order valence-corrected chi connectivity index (χ1v) is 11.1. The van der Waals surface area contributed by atoms with Crippen molar-refractivity contribution in [3.63, 3.8) is 0 Å². The minimum Gasteiger partial charge on any atom is -0.350 e. The molecule has 1 aromatic heterocycles. The normalized spacial score (nSPS) is 12.2. The molecule has 0 saturated carbocycles. The van der Waals surface area contributed by atoms with Crippen molar-refractivity contribution < 1.29 is 4.79 Å². The van der Waals surface area contributed by atoms with Crippen LogP contribution in [0.1, 0.15) is 58.3 Å². The predicted octanol–water partition coefficient (Wildman–Crippen LogP) is 4.67.